The first kappa shape index (κ1) is 14.5. The Morgan fingerprint density at radius 2 is 2.28 bits per heavy atom. The molecule has 98 valence electrons. The lowest BCUT2D eigenvalue weighted by Gasteiger charge is -2.13. The second-order valence-corrected chi connectivity index (χ2v) is 4.88. The van der Waals surface area contributed by atoms with Crippen LogP contribution in [0.25, 0.3) is 0 Å². The number of carbonyl (C=O) groups is 2. The normalized spacial score (nSPS) is 11.9. The predicted octanol–water partition coefficient (Wildman–Crippen LogP) is 1.65. The Kier molecular flexibility index (Phi) is 5.64. The zero-order chi connectivity index (χ0) is 13.5. The Bertz CT molecular complexity index is 437. The summed E-state index contributed by atoms with van der Waals surface area (Å²) in [5, 5.41) is 11.6. The molecule has 0 aliphatic carbocycles. The number of thioether (sulfide) groups is 1. The largest absolute Gasteiger partial charge is 0.477 e. The molecule has 0 aliphatic rings. The number of carboxylic acids is 1. The molecule has 1 aromatic rings. The van der Waals surface area contributed by atoms with Crippen LogP contribution in [0.3, 0.4) is 0 Å². The van der Waals surface area contributed by atoms with Crippen molar-refractivity contribution in [3.63, 3.8) is 0 Å². The van der Waals surface area contributed by atoms with Gasteiger partial charge in [-0.15, -0.1) is 0 Å². The van der Waals surface area contributed by atoms with Crippen molar-refractivity contribution in [2.24, 2.45) is 0 Å². The fourth-order valence-corrected chi connectivity index (χ4v) is 1.95. The maximum absolute atomic E-state index is 11.9. The van der Waals surface area contributed by atoms with Crippen LogP contribution in [0, 0.1) is 0 Å². The molecule has 0 aromatic carbocycles. The fourth-order valence-electron chi connectivity index (χ4n) is 1.36. The van der Waals surface area contributed by atoms with Crippen LogP contribution in [-0.4, -0.2) is 40.0 Å². The van der Waals surface area contributed by atoms with Gasteiger partial charge in [0.25, 0.3) is 5.91 Å². The molecule has 0 saturated carbocycles. The fraction of sp³-hybridized carbons (Fsp3) is 0.417. The number of carbonyl (C=O) groups excluding carboxylic acids is 1. The minimum atomic E-state index is -1.14. The van der Waals surface area contributed by atoms with Gasteiger partial charge in [0.1, 0.15) is 5.69 Å². The summed E-state index contributed by atoms with van der Waals surface area (Å²) in [6.07, 6.45) is 4.21. The Labute approximate surface area is 110 Å². The Balaban J connectivity index is 2.66. The summed E-state index contributed by atoms with van der Waals surface area (Å²) in [5.41, 5.74) is 0.192. The van der Waals surface area contributed by atoms with Crippen LogP contribution in [-0.2, 0) is 0 Å². The zero-order valence-corrected chi connectivity index (χ0v) is 11.2. The molecule has 18 heavy (non-hydrogen) atoms. The molecule has 1 aromatic heterocycles. The van der Waals surface area contributed by atoms with Gasteiger partial charge in [0.15, 0.2) is 0 Å². The predicted molar refractivity (Wildman–Crippen MR) is 71.1 cm³/mol. The molecule has 0 radical (unpaired) electrons. The Morgan fingerprint density at radius 1 is 1.56 bits per heavy atom. The highest BCUT2D eigenvalue weighted by molar-refractivity contribution is 7.98. The highest BCUT2D eigenvalue weighted by Gasteiger charge is 2.12. The van der Waals surface area contributed by atoms with E-state index in [0.717, 1.165) is 12.2 Å². The lowest BCUT2D eigenvalue weighted by molar-refractivity contribution is 0.0690. The van der Waals surface area contributed by atoms with Crippen molar-refractivity contribution in [2.75, 3.05) is 12.0 Å². The number of carboxylic acid groups (broad SMARTS) is 1. The van der Waals surface area contributed by atoms with Crippen molar-refractivity contribution in [2.45, 2.75) is 19.4 Å². The third-order valence-corrected chi connectivity index (χ3v) is 3.02. The summed E-state index contributed by atoms with van der Waals surface area (Å²) in [5.74, 6) is -0.438. The number of aromatic nitrogens is 1. The van der Waals surface area contributed by atoms with Crippen molar-refractivity contribution in [1.29, 1.82) is 0 Å². The minimum absolute atomic E-state index is 0.0615. The van der Waals surface area contributed by atoms with Gasteiger partial charge in [-0.25, -0.2) is 9.78 Å². The van der Waals surface area contributed by atoms with E-state index >= 15 is 0 Å². The van der Waals surface area contributed by atoms with Crippen LogP contribution >= 0.6 is 11.8 Å². The molecular weight excluding hydrogens is 252 g/mol. The van der Waals surface area contributed by atoms with Gasteiger partial charge in [-0.1, -0.05) is 0 Å². The van der Waals surface area contributed by atoms with E-state index in [-0.39, 0.29) is 17.6 Å². The number of hydrogen-bond donors (Lipinski definition) is 2. The van der Waals surface area contributed by atoms with E-state index < -0.39 is 5.97 Å². The quantitative estimate of drug-likeness (QED) is 0.820. The number of aromatic carboxylic acids is 1. The number of rotatable bonds is 6. The maximum atomic E-state index is 11.9. The number of nitrogens with one attached hydrogen (secondary N) is 1. The molecule has 0 saturated heterocycles. The summed E-state index contributed by atoms with van der Waals surface area (Å²) < 4.78 is 0. The lowest BCUT2D eigenvalue weighted by Crippen LogP contribution is -2.33. The van der Waals surface area contributed by atoms with Gasteiger partial charge < -0.3 is 10.4 Å². The SMILES string of the molecule is CSCCC(C)NC(=O)c1ccnc(C(=O)O)c1. The average molecular weight is 268 g/mol. The Morgan fingerprint density at radius 3 is 2.89 bits per heavy atom. The topological polar surface area (TPSA) is 79.3 Å². The maximum Gasteiger partial charge on any atom is 0.354 e. The first-order chi connectivity index (χ1) is 8.54. The monoisotopic (exact) mass is 268 g/mol. The molecular formula is C12H16N2O3S. The molecule has 1 amide bonds. The minimum Gasteiger partial charge on any atom is -0.477 e. The Hall–Kier alpha value is -1.56. The number of nitrogens with zero attached hydrogens (tertiary/aromatic N) is 1. The summed E-state index contributed by atoms with van der Waals surface area (Å²) in [6, 6.07) is 2.84. The molecule has 0 bridgehead atoms. The number of hydrogen-bond acceptors (Lipinski definition) is 4. The van der Waals surface area contributed by atoms with Crippen molar-refractivity contribution in [1.82, 2.24) is 10.3 Å². The molecule has 1 atom stereocenters. The van der Waals surface area contributed by atoms with Gasteiger partial charge in [0.05, 0.1) is 0 Å². The van der Waals surface area contributed by atoms with Crippen molar-refractivity contribution < 1.29 is 14.7 Å². The van der Waals surface area contributed by atoms with Crippen LogP contribution in [0.4, 0.5) is 0 Å². The number of pyridine rings is 1. The van der Waals surface area contributed by atoms with E-state index in [0.29, 0.717) is 5.56 Å². The molecule has 5 nitrogen and oxygen atoms in total. The first-order valence-corrected chi connectivity index (χ1v) is 6.93. The smallest absolute Gasteiger partial charge is 0.354 e. The first-order valence-electron chi connectivity index (χ1n) is 5.53. The van der Waals surface area contributed by atoms with E-state index in [1.165, 1.54) is 18.3 Å². The molecule has 0 spiro atoms. The summed E-state index contributed by atoms with van der Waals surface area (Å²) in [7, 11) is 0. The van der Waals surface area contributed by atoms with Gasteiger partial charge >= 0.3 is 5.97 Å². The standard InChI is InChI=1S/C12H16N2O3S/c1-8(4-6-18-2)14-11(15)9-3-5-13-10(7-9)12(16)17/h3,5,7-8H,4,6H2,1-2H3,(H,14,15)(H,16,17). The van der Waals surface area contributed by atoms with Crippen molar-refractivity contribution in [3.05, 3.63) is 29.6 Å². The van der Waals surface area contributed by atoms with Crippen LogP contribution in [0.5, 0.6) is 0 Å². The van der Waals surface area contributed by atoms with Crippen LogP contribution < -0.4 is 5.32 Å². The van der Waals surface area contributed by atoms with E-state index in [9.17, 15) is 9.59 Å². The highest BCUT2D eigenvalue weighted by Crippen LogP contribution is 2.04. The summed E-state index contributed by atoms with van der Waals surface area (Å²) >= 11 is 1.72. The number of amides is 1. The molecule has 1 heterocycles. The second-order valence-electron chi connectivity index (χ2n) is 3.89. The highest BCUT2D eigenvalue weighted by atomic mass is 32.2. The van der Waals surface area contributed by atoms with Gasteiger partial charge in [-0.2, -0.15) is 11.8 Å². The summed E-state index contributed by atoms with van der Waals surface area (Å²) in [4.78, 5) is 26.3. The molecule has 0 fully saturated rings. The van der Waals surface area contributed by atoms with Crippen LogP contribution in [0.1, 0.15) is 34.2 Å². The molecule has 1 unspecified atom stereocenters. The van der Waals surface area contributed by atoms with E-state index in [1.807, 2.05) is 13.2 Å². The van der Waals surface area contributed by atoms with E-state index in [4.69, 9.17) is 5.11 Å². The average Bonchev–Trinajstić information content (AvgIpc) is 2.36. The van der Waals surface area contributed by atoms with Gasteiger partial charge in [0, 0.05) is 17.8 Å². The molecule has 1 rings (SSSR count). The van der Waals surface area contributed by atoms with Crippen molar-refractivity contribution >= 4 is 23.6 Å². The third kappa shape index (κ3) is 4.37. The van der Waals surface area contributed by atoms with Crippen LogP contribution in [0.2, 0.25) is 0 Å². The van der Waals surface area contributed by atoms with Gasteiger partial charge in [-0.3, -0.25) is 4.79 Å². The van der Waals surface area contributed by atoms with Crippen LogP contribution in [0.15, 0.2) is 18.3 Å². The molecule has 2 N–H and O–H groups in total. The van der Waals surface area contributed by atoms with E-state index in [1.54, 1.807) is 11.8 Å². The third-order valence-electron chi connectivity index (χ3n) is 2.37. The molecule has 6 heteroatoms. The second kappa shape index (κ2) is 7.00. The summed E-state index contributed by atoms with van der Waals surface area (Å²) in [6.45, 7) is 1.92. The molecule has 0 aliphatic heterocycles. The zero-order valence-electron chi connectivity index (χ0n) is 10.3. The lowest BCUT2D eigenvalue weighted by atomic mass is 10.2. The van der Waals surface area contributed by atoms with E-state index in [2.05, 4.69) is 10.3 Å². The van der Waals surface area contributed by atoms with Gasteiger partial charge in [-0.05, 0) is 37.5 Å². The van der Waals surface area contributed by atoms with Crippen molar-refractivity contribution in [3.8, 4) is 0 Å². The van der Waals surface area contributed by atoms with Gasteiger partial charge in [0.2, 0.25) is 0 Å².